The van der Waals surface area contributed by atoms with Crippen molar-refractivity contribution in [1.82, 2.24) is 34.0 Å². The van der Waals surface area contributed by atoms with Gasteiger partial charge in [0.05, 0.1) is 5.56 Å². The molecule has 0 N–H and O–H groups in total. The van der Waals surface area contributed by atoms with E-state index in [1.165, 1.54) is 25.0 Å². The van der Waals surface area contributed by atoms with E-state index >= 15 is 0 Å². The molecule has 0 aliphatic carbocycles. The summed E-state index contributed by atoms with van der Waals surface area (Å²) in [6.45, 7) is 12.3. The monoisotopic (exact) mass is 558 g/mol. The summed E-state index contributed by atoms with van der Waals surface area (Å²) >= 11 is 0. The quantitative estimate of drug-likeness (QED) is 0.337. The highest BCUT2D eigenvalue weighted by molar-refractivity contribution is 5.86. The predicted octanol–water partition coefficient (Wildman–Crippen LogP) is 5.10. The minimum atomic E-state index is -2.83. The highest BCUT2D eigenvalue weighted by atomic mass is 19.3. The Hall–Kier alpha value is -3.25. The Kier molecular flexibility index (Phi) is 8.27. The van der Waals surface area contributed by atoms with Crippen molar-refractivity contribution in [3.05, 3.63) is 47.3 Å². The number of alkyl halides is 2. The summed E-state index contributed by atoms with van der Waals surface area (Å²) in [5.41, 5.74) is 1.84. The number of halogens is 3. The van der Waals surface area contributed by atoms with Gasteiger partial charge in [0.15, 0.2) is 11.5 Å². The van der Waals surface area contributed by atoms with Crippen LogP contribution in [0.15, 0.2) is 24.5 Å². The number of imidazole rings is 1. The van der Waals surface area contributed by atoms with Crippen LogP contribution in [0.25, 0.3) is 16.9 Å². The van der Waals surface area contributed by atoms with Gasteiger partial charge in [-0.05, 0) is 44.2 Å². The second-order valence-electron chi connectivity index (χ2n) is 11.0. The van der Waals surface area contributed by atoms with Crippen LogP contribution in [0.2, 0.25) is 0 Å². The van der Waals surface area contributed by atoms with Gasteiger partial charge in [-0.3, -0.25) is 4.90 Å². The number of ether oxygens (including phenoxy) is 1. The van der Waals surface area contributed by atoms with Crippen LogP contribution in [0.3, 0.4) is 0 Å². The van der Waals surface area contributed by atoms with Crippen molar-refractivity contribution in [3.8, 4) is 0 Å². The smallest absolute Gasteiger partial charge is 0.266 e. The normalized spacial score (nSPS) is 19.1. The highest BCUT2D eigenvalue weighted by Gasteiger charge is 2.34. The standard InChI is InChI=1S/C24H29F3N8.C4H8O/c1-13(2)20(16-6-7-17(21(26)27)18(25)10-16)33-8-9-34(14(3)11-33)22-19-23(32(5)15(4)29-19)35-12-28-31-24(35)30-22;1-2-4-5-3-1/h6-7,10,12-14,20-21H,8-9,11H2,1-5H3;1-4H2. The maximum atomic E-state index is 14.4. The minimum absolute atomic E-state index is 0.0820. The molecule has 0 amide bonds. The number of hydrogen-bond acceptors (Lipinski definition) is 7. The zero-order valence-electron chi connectivity index (χ0n) is 23.7. The third-order valence-corrected chi connectivity index (χ3v) is 7.85. The fourth-order valence-electron chi connectivity index (χ4n) is 5.81. The molecular weight excluding hydrogens is 521 g/mol. The zero-order chi connectivity index (χ0) is 28.6. The highest BCUT2D eigenvalue weighted by Crippen LogP contribution is 2.35. The first-order valence-corrected chi connectivity index (χ1v) is 13.9. The fraction of sp³-hybridized carbons (Fsp3) is 0.571. The van der Waals surface area contributed by atoms with Crippen LogP contribution in [-0.2, 0) is 11.8 Å². The van der Waals surface area contributed by atoms with E-state index in [4.69, 9.17) is 14.7 Å². The molecule has 2 atom stereocenters. The average Bonchev–Trinajstić information content (AvgIpc) is 3.67. The topological polar surface area (TPSA) is 76.6 Å². The zero-order valence-corrected chi connectivity index (χ0v) is 23.7. The van der Waals surface area contributed by atoms with Crippen LogP contribution in [-0.4, -0.2) is 72.9 Å². The van der Waals surface area contributed by atoms with Crippen LogP contribution in [0.1, 0.15) is 63.0 Å². The molecule has 12 heteroatoms. The fourth-order valence-corrected chi connectivity index (χ4v) is 5.81. The molecule has 2 fully saturated rings. The van der Waals surface area contributed by atoms with E-state index in [2.05, 4.69) is 40.8 Å². The number of aromatic nitrogens is 6. The summed E-state index contributed by atoms with van der Waals surface area (Å²) in [4.78, 5) is 14.1. The Bertz CT molecular complexity index is 1460. The molecule has 2 aliphatic heterocycles. The molecule has 2 aliphatic rings. The number of anilines is 1. The lowest BCUT2D eigenvalue weighted by Gasteiger charge is -2.45. The number of fused-ring (bicyclic) bond motifs is 3. The van der Waals surface area contributed by atoms with E-state index in [1.807, 2.05) is 22.9 Å². The first kappa shape index (κ1) is 28.3. The summed E-state index contributed by atoms with van der Waals surface area (Å²) in [5.74, 6) is 1.46. The third kappa shape index (κ3) is 5.38. The molecule has 5 heterocycles. The van der Waals surface area contributed by atoms with E-state index < -0.39 is 17.8 Å². The lowest BCUT2D eigenvalue weighted by atomic mass is 9.92. The van der Waals surface area contributed by atoms with E-state index in [9.17, 15) is 13.2 Å². The van der Waals surface area contributed by atoms with Crippen LogP contribution in [0.5, 0.6) is 0 Å². The minimum Gasteiger partial charge on any atom is -0.381 e. The van der Waals surface area contributed by atoms with E-state index in [1.54, 1.807) is 12.4 Å². The second kappa shape index (κ2) is 11.7. The van der Waals surface area contributed by atoms with Gasteiger partial charge in [-0.2, -0.15) is 4.98 Å². The molecule has 2 unspecified atom stereocenters. The Labute approximate surface area is 232 Å². The van der Waals surface area contributed by atoms with Crippen molar-refractivity contribution in [3.63, 3.8) is 0 Å². The lowest BCUT2D eigenvalue weighted by Crippen LogP contribution is -2.54. The molecule has 0 bridgehead atoms. The molecule has 1 aromatic carbocycles. The van der Waals surface area contributed by atoms with Crippen molar-refractivity contribution in [2.24, 2.45) is 13.0 Å². The molecule has 4 aromatic rings. The maximum Gasteiger partial charge on any atom is 0.266 e. The van der Waals surface area contributed by atoms with Gasteiger partial charge in [-0.1, -0.05) is 26.0 Å². The van der Waals surface area contributed by atoms with E-state index in [-0.39, 0.29) is 18.0 Å². The molecule has 6 rings (SSSR count). The lowest BCUT2D eigenvalue weighted by molar-refractivity contribution is 0.128. The Balaban J connectivity index is 0.000000582. The van der Waals surface area contributed by atoms with Gasteiger partial charge in [0, 0.05) is 52.0 Å². The largest absolute Gasteiger partial charge is 0.381 e. The summed E-state index contributed by atoms with van der Waals surface area (Å²) in [6, 6.07) is 4.10. The van der Waals surface area contributed by atoms with Crippen LogP contribution in [0.4, 0.5) is 19.0 Å². The number of benzene rings is 1. The molecule has 0 saturated carbocycles. The van der Waals surface area contributed by atoms with Gasteiger partial charge in [-0.15, -0.1) is 10.2 Å². The van der Waals surface area contributed by atoms with Crippen molar-refractivity contribution >= 4 is 22.8 Å². The summed E-state index contributed by atoms with van der Waals surface area (Å²) in [5, 5.41) is 8.19. The Morgan fingerprint density at radius 2 is 1.82 bits per heavy atom. The van der Waals surface area contributed by atoms with Gasteiger partial charge < -0.3 is 14.2 Å². The molecule has 9 nitrogen and oxygen atoms in total. The molecule has 2 saturated heterocycles. The van der Waals surface area contributed by atoms with Crippen molar-refractivity contribution in [1.29, 1.82) is 0 Å². The summed E-state index contributed by atoms with van der Waals surface area (Å²) < 4.78 is 49.3. The third-order valence-electron chi connectivity index (χ3n) is 7.85. The van der Waals surface area contributed by atoms with Gasteiger partial charge in [0.1, 0.15) is 23.5 Å². The van der Waals surface area contributed by atoms with Crippen molar-refractivity contribution in [2.45, 2.75) is 59.0 Å². The van der Waals surface area contributed by atoms with Gasteiger partial charge in [0.2, 0.25) is 0 Å². The number of piperazine rings is 1. The summed E-state index contributed by atoms with van der Waals surface area (Å²) in [6.07, 6.45) is 1.37. The first-order valence-electron chi connectivity index (χ1n) is 13.9. The average molecular weight is 559 g/mol. The van der Waals surface area contributed by atoms with Crippen LogP contribution >= 0.6 is 0 Å². The molecular formula is C28H37F3N8O. The number of hydrogen-bond donors (Lipinski definition) is 0. The van der Waals surface area contributed by atoms with Crippen molar-refractivity contribution < 1.29 is 17.9 Å². The Morgan fingerprint density at radius 1 is 1.07 bits per heavy atom. The van der Waals surface area contributed by atoms with Crippen molar-refractivity contribution in [2.75, 3.05) is 37.7 Å². The van der Waals surface area contributed by atoms with E-state index in [0.29, 0.717) is 31.0 Å². The van der Waals surface area contributed by atoms with E-state index in [0.717, 1.165) is 36.0 Å². The first-order chi connectivity index (χ1) is 19.2. The molecule has 216 valence electrons. The van der Waals surface area contributed by atoms with Crippen LogP contribution < -0.4 is 4.90 Å². The molecule has 40 heavy (non-hydrogen) atoms. The predicted molar refractivity (Wildman–Crippen MR) is 147 cm³/mol. The van der Waals surface area contributed by atoms with Gasteiger partial charge in [-0.25, -0.2) is 22.6 Å². The SMILES string of the molecule is C1CCOC1.Cc1nc2c(N3CCN(C(c4ccc(C(F)F)c(F)c4)C(C)C)CC3C)nc3nncn3c2n1C. The second-order valence-corrected chi connectivity index (χ2v) is 11.0. The molecule has 0 spiro atoms. The van der Waals surface area contributed by atoms with Crippen LogP contribution in [0, 0.1) is 18.7 Å². The Morgan fingerprint density at radius 3 is 2.42 bits per heavy atom. The number of rotatable bonds is 5. The number of aryl methyl sites for hydroxylation is 2. The molecule has 3 aromatic heterocycles. The van der Waals surface area contributed by atoms with Gasteiger partial charge in [0.25, 0.3) is 12.2 Å². The number of nitrogens with zero attached hydrogens (tertiary/aromatic N) is 8. The summed E-state index contributed by atoms with van der Waals surface area (Å²) in [7, 11) is 1.96. The maximum absolute atomic E-state index is 14.4. The molecule has 0 radical (unpaired) electrons. The van der Waals surface area contributed by atoms with Gasteiger partial charge >= 0.3 is 0 Å².